The molecule has 1 atom stereocenters. The Balaban J connectivity index is 1.69. The molecule has 4 heterocycles. The van der Waals surface area contributed by atoms with Crippen LogP contribution in [0.15, 0.2) is 46.4 Å². The van der Waals surface area contributed by atoms with Gasteiger partial charge in [-0.05, 0) is 43.1 Å². The first-order valence-corrected chi connectivity index (χ1v) is 11.3. The van der Waals surface area contributed by atoms with Crippen molar-refractivity contribution < 1.29 is 9.21 Å². The van der Waals surface area contributed by atoms with Crippen LogP contribution in [0.3, 0.4) is 0 Å². The second-order valence-electron chi connectivity index (χ2n) is 7.04. The van der Waals surface area contributed by atoms with E-state index in [1.165, 1.54) is 21.6 Å². The molecular formula is C21H25N3O2S2. The average molecular weight is 416 g/mol. The van der Waals surface area contributed by atoms with E-state index in [9.17, 15) is 4.79 Å². The Morgan fingerprint density at radius 1 is 1.25 bits per heavy atom. The molecule has 0 spiro atoms. The number of carbonyl (C=O) groups is 1. The van der Waals surface area contributed by atoms with Crippen LogP contribution < -0.4 is 5.32 Å². The Morgan fingerprint density at radius 2 is 2.07 bits per heavy atom. The summed E-state index contributed by atoms with van der Waals surface area (Å²) in [5.41, 5.74) is 1.19. The molecule has 0 radical (unpaired) electrons. The Morgan fingerprint density at radius 3 is 2.71 bits per heavy atom. The van der Waals surface area contributed by atoms with Gasteiger partial charge < -0.3 is 14.6 Å². The number of piperazine rings is 1. The third kappa shape index (κ3) is 4.07. The van der Waals surface area contributed by atoms with Gasteiger partial charge in [0.1, 0.15) is 5.00 Å². The van der Waals surface area contributed by atoms with E-state index in [0.717, 1.165) is 37.6 Å². The normalized spacial score (nSPS) is 16.9. The predicted molar refractivity (Wildman–Crippen MR) is 116 cm³/mol. The van der Waals surface area contributed by atoms with Crippen molar-refractivity contribution in [1.82, 2.24) is 9.80 Å². The molecule has 1 fully saturated rings. The minimum Gasteiger partial charge on any atom is -0.459 e. The average Bonchev–Trinajstić information content (AvgIpc) is 3.46. The number of hydrogen-bond acceptors (Lipinski definition) is 6. The highest BCUT2D eigenvalue weighted by atomic mass is 32.1. The van der Waals surface area contributed by atoms with Crippen molar-refractivity contribution in [2.75, 3.05) is 38.5 Å². The Kier molecular flexibility index (Phi) is 5.96. The van der Waals surface area contributed by atoms with Crippen molar-refractivity contribution in [3.05, 3.63) is 63.1 Å². The first-order chi connectivity index (χ1) is 13.7. The standard InChI is InChI=1S/C21H25N3O2S2/c1-3-15-14-16(21(28-15)22-20(25)17-6-4-12-26-17)19(18-7-5-13-27-18)24-10-8-23(2)9-11-24/h4-7,12-14,19H,3,8-11H2,1-2H3,(H,22,25)/t19-/m1/s1. The van der Waals surface area contributed by atoms with E-state index in [2.05, 4.69) is 52.7 Å². The molecule has 0 saturated carbocycles. The lowest BCUT2D eigenvalue weighted by atomic mass is 10.0. The summed E-state index contributed by atoms with van der Waals surface area (Å²) in [5.74, 6) is 0.142. The number of furan rings is 1. The van der Waals surface area contributed by atoms with Gasteiger partial charge in [0.05, 0.1) is 12.3 Å². The summed E-state index contributed by atoms with van der Waals surface area (Å²) in [5, 5.41) is 6.17. The third-order valence-corrected chi connectivity index (χ3v) is 7.28. The van der Waals surface area contributed by atoms with Gasteiger partial charge in [0.2, 0.25) is 0 Å². The zero-order valence-electron chi connectivity index (χ0n) is 16.2. The molecule has 0 bridgehead atoms. The molecule has 28 heavy (non-hydrogen) atoms. The van der Waals surface area contributed by atoms with E-state index in [4.69, 9.17) is 4.42 Å². The molecule has 1 saturated heterocycles. The number of nitrogens with zero attached hydrogens (tertiary/aromatic N) is 2. The van der Waals surface area contributed by atoms with Crippen LogP contribution in [0.2, 0.25) is 0 Å². The van der Waals surface area contributed by atoms with Gasteiger partial charge in [0.15, 0.2) is 5.76 Å². The number of anilines is 1. The minimum atomic E-state index is -0.195. The molecule has 3 aromatic rings. The SMILES string of the molecule is CCc1cc([C@H](c2cccs2)N2CCN(C)CC2)c(NC(=O)c2ccco2)s1. The van der Waals surface area contributed by atoms with Crippen molar-refractivity contribution in [3.8, 4) is 0 Å². The Labute approximate surface area is 173 Å². The molecule has 1 N–H and O–H groups in total. The van der Waals surface area contributed by atoms with Crippen LogP contribution >= 0.6 is 22.7 Å². The summed E-state index contributed by atoms with van der Waals surface area (Å²) < 4.78 is 5.28. The molecule has 148 valence electrons. The van der Waals surface area contributed by atoms with Gasteiger partial charge in [-0.3, -0.25) is 9.69 Å². The van der Waals surface area contributed by atoms with Crippen molar-refractivity contribution in [2.24, 2.45) is 0 Å². The highest BCUT2D eigenvalue weighted by Gasteiger charge is 2.30. The summed E-state index contributed by atoms with van der Waals surface area (Å²) in [6.45, 7) is 6.30. The van der Waals surface area contributed by atoms with E-state index in [-0.39, 0.29) is 11.9 Å². The lowest BCUT2D eigenvalue weighted by molar-refractivity contribution is 0.0996. The van der Waals surface area contributed by atoms with Gasteiger partial charge >= 0.3 is 0 Å². The predicted octanol–water partition coefficient (Wildman–Crippen LogP) is 4.55. The summed E-state index contributed by atoms with van der Waals surface area (Å²) in [6, 6.07) is 10.2. The van der Waals surface area contributed by atoms with Crippen LogP contribution in [0.25, 0.3) is 0 Å². The summed E-state index contributed by atoms with van der Waals surface area (Å²) in [4.78, 5) is 20.1. The molecule has 5 nitrogen and oxygen atoms in total. The number of thiophene rings is 2. The highest BCUT2D eigenvalue weighted by Crippen LogP contribution is 2.41. The molecule has 1 aliphatic heterocycles. The zero-order valence-corrected chi connectivity index (χ0v) is 17.8. The number of amides is 1. The zero-order chi connectivity index (χ0) is 19.5. The van der Waals surface area contributed by atoms with Crippen molar-refractivity contribution in [1.29, 1.82) is 0 Å². The number of hydrogen-bond donors (Lipinski definition) is 1. The number of nitrogens with one attached hydrogen (secondary N) is 1. The van der Waals surface area contributed by atoms with Gasteiger partial charge in [-0.15, -0.1) is 22.7 Å². The second kappa shape index (κ2) is 8.61. The van der Waals surface area contributed by atoms with E-state index in [1.807, 2.05) is 0 Å². The third-order valence-electron chi connectivity index (χ3n) is 5.14. The van der Waals surface area contributed by atoms with E-state index >= 15 is 0 Å². The fourth-order valence-corrected chi connectivity index (χ4v) is 5.46. The van der Waals surface area contributed by atoms with E-state index in [0.29, 0.717) is 5.76 Å². The van der Waals surface area contributed by atoms with Gasteiger partial charge in [-0.2, -0.15) is 0 Å². The second-order valence-corrected chi connectivity index (χ2v) is 9.16. The van der Waals surface area contributed by atoms with Crippen LogP contribution in [-0.2, 0) is 6.42 Å². The smallest absolute Gasteiger partial charge is 0.291 e. The number of aryl methyl sites for hydroxylation is 1. The fraction of sp³-hybridized carbons (Fsp3) is 0.381. The van der Waals surface area contributed by atoms with Crippen molar-refractivity contribution in [3.63, 3.8) is 0 Å². The van der Waals surface area contributed by atoms with Crippen molar-refractivity contribution in [2.45, 2.75) is 19.4 Å². The first kappa shape index (κ1) is 19.4. The van der Waals surface area contributed by atoms with Crippen LogP contribution in [-0.4, -0.2) is 48.9 Å². The molecule has 0 aliphatic carbocycles. The van der Waals surface area contributed by atoms with E-state index in [1.54, 1.807) is 34.8 Å². The number of rotatable bonds is 6. The quantitative estimate of drug-likeness (QED) is 0.641. The molecule has 0 unspecified atom stereocenters. The van der Waals surface area contributed by atoms with Crippen LogP contribution in [0.4, 0.5) is 5.00 Å². The molecule has 3 aromatic heterocycles. The molecule has 4 rings (SSSR count). The Hall–Kier alpha value is -1.93. The van der Waals surface area contributed by atoms with E-state index < -0.39 is 0 Å². The van der Waals surface area contributed by atoms with Crippen LogP contribution in [0.5, 0.6) is 0 Å². The maximum absolute atomic E-state index is 12.6. The minimum absolute atomic E-state index is 0.164. The largest absolute Gasteiger partial charge is 0.459 e. The summed E-state index contributed by atoms with van der Waals surface area (Å²) in [6.07, 6.45) is 2.48. The molecule has 0 aromatic carbocycles. The first-order valence-electron chi connectivity index (χ1n) is 9.59. The molecule has 1 amide bonds. The van der Waals surface area contributed by atoms with Gasteiger partial charge in [-0.25, -0.2) is 0 Å². The van der Waals surface area contributed by atoms with Gasteiger partial charge in [0.25, 0.3) is 5.91 Å². The van der Waals surface area contributed by atoms with Gasteiger partial charge in [-0.1, -0.05) is 13.0 Å². The lowest BCUT2D eigenvalue weighted by Gasteiger charge is -2.37. The monoisotopic (exact) mass is 415 g/mol. The topological polar surface area (TPSA) is 48.7 Å². The molecule has 1 aliphatic rings. The molecule has 7 heteroatoms. The summed E-state index contributed by atoms with van der Waals surface area (Å²) in [7, 11) is 2.17. The maximum Gasteiger partial charge on any atom is 0.291 e. The lowest BCUT2D eigenvalue weighted by Crippen LogP contribution is -2.46. The van der Waals surface area contributed by atoms with Crippen LogP contribution in [0, 0.1) is 0 Å². The fourth-order valence-electron chi connectivity index (χ4n) is 3.56. The Bertz CT molecular complexity index is 894. The summed E-state index contributed by atoms with van der Waals surface area (Å²) >= 11 is 3.45. The maximum atomic E-state index is 12.6. The van der Waals surface area contributed by atoms with Gasteiger partial charge in [0, 0.05) is 41.5 Å². The van der Waals surface area contributed by atoms with Crippen molar-refractivity contribution >= 4 is 33.6 Å². The van der Waals surface area contributed by atoms with Crippen LogP contribution in [0.1, 0.15) is 38.8 Å². The number of likely N-dealkylation sites (N-methyl/N-ethyl adjacent to an activating group) is 1. The highest BCUT2D eigenvalue weighted by molar-refractivity contribution is 7.16. The molecular weight excluding hydrogens is 390 g/mol. The number of carbonyl (C=O) groups excluding carboxylic acids is 1.